The van der Waals surface area contributed by atoms with Crippen LogP contribution in [-0.2, 0) is 16.4 Å². The molecule has 2 heterocycles. The van der Waals surface area contributed by atoms with Crippen molar-refractivity contribution >= 4 is 17.7 Å². The molecule has 0 spiro atoms. The number of benzene rings is 2. The molecule has 1 aromatic heterocycles. The van der Waals surface area contributed by atoms with Crippen molar-refractivity contribution in [2.75, 3.05) is 5.32 Å². The Hall–Kier alpha value is -4.29. The fraction of sp³-hybridized carbons (Fsp3) is 0.208. The highest BCUT2D eigenvalue weighted by Crippen LogP contribution is 2.52. The van der Waals surface area contributed by atoms with Crippen LogP contribution in [0.25, 0.3) is 11.3 Å². The summed E-state index contributed by atoms with van der Waals surface area (Å²) in [6.45, 7) is 0. The van der Waals surface area contributed by atoms with Gasteiger partial charge in [-0.1, -0.05) is 6.07 Å². The number of nitrogens with zero attached hydrogens (tertiary/aromatic N) is 1. The van der Waals surface area contributed by atoms with E-state index in [-0.39, 0.29) is 22.9 Å². The second-order valence-electron chi connectivity index (χ2n) is 8.46. The summed E-state index contributed by atoms with van der Waals surface area (Å²) in [4.78, 5) is 28.3. The number of aromatic carboxylic acids is 1. The molecule has 0 unspecified atom stereocenters. The van der Waals surface area contributed by atoms with Gasteiger partial charge in [-0.05, 0) is 60.9 Å². The molecule has 37 heavy (non-hydrogen) atoms. The van der Waals surface area contributed by atoms with E-state index in [1.807, 2.05) is 0 Å². The van der Waals surface area contributed by atoms with Crippen LogP contribution in [0.2, 0.25) is 0 Å². The second-order valence-corrected chi connectivity index (χ2v) is 8.46. The molecule has 1 amide bonds. The molecular weight excluding hydrogens is 510 g/mol. The summed E-state index contributed by atoms with van der Waals surface area (Å²) in [7, 11) is 0. The van der Waals surface area contributed by atoms with Crippen LogP contribution in [0, 0.1) is 5.82 Å². The van der Waals surface area contributed by atoms with Crippen molar-refractivity contribution in [3.63, 3.8) is 0 Å². The number of fused-ring (bicyclic) bond motifs is 1. The number of carbonyl (C=O) groups is 2. The van der Waals surface area contributed by atoms with E-state index in [1.54, 1.807) is 0 Å². The van der Waals surface area contributed by atoms with Crippen LogP contribution < -0.4 is 14.8 Å². The van der Waals surface area contributed by atoms with E-state index >= 15 is 0 Å². The minimum atomic E-state index is -4.89. The van der Waals surface area contributed by atoms with Gasteiger partial charge in [0.25, 0.3) is 0 Å². The molecule has 3 aromatic rings. The monoisotopic (exact) mass is 524 g/mol. The van der Waals surface area contributed by atoms with Gasteiger partial charge in [0.1, 0.15) is 11.6 Å². The van der Waals surface area contributed by atoms with Crippen molar-refractivity contribution in [3.8, 4) is 22.8 Å². The van der Waals surface area contributed by atoms with Crippen molar-refractivity contribution < 1.29 is 50.5 Å². The first-order valence-electron chi connectivity index (χ1n) is 10.6. The first kappa shape index (κ1) is 24.4. The number of aromatic nitrogens is 1. The number of carboxylic acid groups (broad SMARTS) is 1. The lowest BCUT2D eigenvalue weighted by atomic mass is 9.94. The number of pyridine rings is 1. The molecule has 0 radical (unpaired) electrons. The number of anilines is 1. The van der Waals surface area contributed by atoms with E-state index in [4.69, 9.17) is 5.11 Å². The second kappa shape index (κ2) is 8.11. The summed E-state index contributed by atoms with van der Waals surface area (Å²) in [5.74, 6) is -4.24. The quantitative estimate of drug-likeness (QED) is 0.422. The molecule has 0 atom stereocenters. The summed E-state index contributed by atoms with van der Waals surface area (Å²) in [5.41, 5.74) is -3.96. The van der Waals surface area contributed by atoms with Gasteiger partial charge in [-0.15, -0.1) is 8.78 Å². The highest BCUT2D eigenvalue weighted by Gasteiger charge is 2.53. The van der Waals surface area contributed by atoms with Gasteiger partial charge in [0, 0.05) is 5.56 Å². The molecule has 0 saturated heterocycles. The highest BCUT2D eigenvalue weighted by atomic mass is 19.4. The third kappa shape index (κ3) is 4.41. The molecule has 1 aliphatic carbocycles. The van der Waals surface area contributed by atoms with Crippen LogP contribution in [0.1, 0.15) is 34.3 Å². The zero-order valence-electron chi connectivity index (χ0n) is 18.3. The molecule has 13 heteroatoms. The van der Waals surface area contributed by atoms with Gasteiger partial charge in [0.2, 0.25) is 5.91 Å². The molecule has 192 valence electrons. The molecule has 2 aromatic carbocycles. The Morgan fingerprint density at radius 3 is 2.32 bits per heavy atom. The minimum Gasteiger partial charge on any atom is -0.478 e. The van der Waals surface area contributed by atoms with Crippen LogP contribution >= 0.6 is 0 Å². The molecule has 1 saturated carbocycles. The SMILES string of the molecule is O=C(O)c1cc(-c2nc(NC(=O)C3(c4ccc5c(c4)OC(F)(F)O5)CC3)ccc2C(F)(F)F)ccc1F. The van der Waals surface area contributed by atoms with Crippen LogP contribution in [0.5, 0.6) is 11.5 Å². The number of alkyl halides is 5. The zero-order valence-corrected chi connectivity index (χ0v) is 18.3. The molecule has 2 aliphatic rings. The van der Waals surface area contributed by atoms with Gasteiger partial charge in [0.05, 0.1) is 22.2 Å². The number of ether oxygens (including phenoxy) is 2. The smallest absolute Gasteiger partial charge is 0.478 e. The Morgan fingerprint density at radius 2 is 1.68 bits per heavy atom. The summed E-state index contributed by atoms with van der Waals surface area (Å²) in [5, 5.41) is 11.6. The zero-order chi connectivity index (χ0) is 26.8. The summed E-state index contributed by atoms with van der Waals surface area (Å²) < 4.78 is 90.2. The Bertz CT molecular complexity index is 1450. The summed E-state index contributed by atoms with van der Waals surface area (Å²) >= 11 is 0. The first-order chi connectivity index (χ1) is 17.3. The average Bonchev–Trinajstić information content (AvgIpc) is 3.55. The molecule has 5 rings (SSSR count). The number of amides is 1. The van der Waals surface area contributed by atoms with Crippen molar-refractivity contribution in [2.24, 2.45) is 0 Å². The van der Waals surface area contributed by atoms with Crippen LogP contribution in [0.15, 0.2) is 48.5 Å². The van der Waals surface area contributed by atoms with Gasteiger partial charge < -0.3 is 19.9 Å². The van der Waals surface area contributed by atoms with E-state index in [2.05, 4.69) is 19.8 Å². The summed E-state index contributed by atoms with van der Waals surface area (Å²) in [6.07, 6.45) is -8.10. The van der Waals surface area contributed by atoms with Gasteiger partial charge >= 0.3 is 18.4 Å². The average molecular weight is 524 g/mol. The minimum absolute atomic E-state index is 0.209. The number of carbonyl (C=O) groups excluding carboxylic acids is 1. The molecule has 2 N–H and O–H groups in total. The lowest BCUT2D eigenvalue weighted by Gasteiger charge is -2.18. The van der Waals surface area contributed by atoms with E-state index in [1.165, 1.54) is 18.2 Å². The first-order valence-corrected chi connectivity index (χ1v) is 10.6. The van der Waals surface area contributed by atoms with Crippen molar-refractivity contribution in [1.29, 1.82) is 0 Å². The maximum atomic E-state index is 13.8. The van der Waals surface area contributed by atoms with Gasteiger partial charge in [-0.3, -0.25) is 4.79 Å². The number of halogens is 6. The van der Waals surface area contributed by atoms with Gasteiger partial charge in [0.15, 0.2) is 11.5 Å². The normalized spacial score (nSPS) is 16.8. The lowest BCUT2D eigenvalue weighted by Crippen LogP contribution is -2.28. The van der Waals surface area contributed by atoms with Crippen molar-refractivity contribution in [1.82, 2.24) is 4.98 Å². The maximum absolute atomic E-state index is 13.8. The standard InChI is InChI=1S/C24H14F6N2O5/c25-15-4-1-11(9-13(15)20(33)34)19-14(23(26,27)28)3-6-18(31-19)32-21(35)22(7-8-22)12-2-5-16-17(10-12)37-24(29,30)36-16/h1-6,9-10H,7-8H2,(H,33,34)(H,31,32,35). The van der Waals surface area contributed by atoms with Crippen molar-refractivity contribution in [3.05, 3.63) is 71.0 Å². The van der Waals surface area contributed by atoms with Crippen molar-refractivity contribution in [2.45, 2.75) is 30.7 Å². The maximum Gasteiger partial charge on any atom is 0.586 e. The Morgan fingerprint density at radius 1 is 0.973 bits per heavy atom. The van der Waals surface area contributed by atoms with Gasteiger partial charge in [-0.25, -0.2) is 14.2 Å². The molecule has 1 fully saturated rings. The summed E-state index contributed by atoms with van der Waals surface area (Å²) in [6, 6.07) is 7.80. The Kier molecular flexibility index (Phi) is 5.35. The van der Waals surface area contributed by atoms with Crippen LogP contribution in [0.3, 0.4) is 0 Å². The predicted molar refractivity (Wildman–Crippen MR) is 114 cm³/mol. The van der Waals surface area contributed by atoms with Crippen LogP contribution in [-0.4, -0.2) is 28.3 Å². The fourth-order valence-electron chi connectivity index (χ4n) is 4.07. The molecule has 7 nitrogen and oxygen atoms in total. The van der Waals surface area contributed by atoms with E-state index in [0.717, 1.165) is 12.1 Å². The number of rotatable bonds is 5. The van der Waals surface area contributed by atoms with E-state index in [9.17, 15) is 35.9 Å². The largest absolute Gasteiger partial charge is 0.586 e. The van der Waals surface area contributed by atoms with Crippen LogP contribution in [0.4, 0.5) is 32.2 Å². The fourth-order valence-corrected chi connectivity index (χ4v) is 4.07. The molecule has 0 bridgehead atoms. The number of carboxylic acids is 1. The predicted octanol–water partition coefficient (Wildman–Crippen LogP) is 5.60. The Balaban J connectivity index is 1.47. The third-order valence-corrected chi connectivity index (χ3v) is 6.05. The molecular formula is C24H14F6N2O5. The Labute approximate surface area is 203 Å². The van der Waals surface area contributed by atoms with E-state index < -0.39 is 52.4 Å². The third-order valence-electron chi connectivity index (χ3n) is 6.05. The highest BCUT2D eigenvalue weighted by molar-refractivity contribution is 6.01. The number of nitrogens with one attached hydrogen (secondary N) is 1. The molecule has 1 aliphatic heterocycles. The van der Waals surface area contributed by atoms with E-state index in [0.29, 0.717) is 36.6 Å². The lowest BCUT2D eigenvalue weighted by molar-refractivity contribution is -0.286. The number of hydrogen-bond donors (Lipinski definition) is 2. The van der Waals surface area contributed by atoms with Gasteiger partial charge in [-0.2, -0.15) is 13.2 Å². The number of hydrogen-bond acceptors (Lipinski definition) is 5. The topological polar surface area (TPSA) is 97.8 Å².